The van der Waals surface area contributed by atoms with Gasteiger partial charge in [0.05, 0.1) is 5.69 Å². The average Bonchev–Trinajstić information content (AvgIpc) is 3.00. The molecule has 0 aromatic carbocycles. The summed E-state index contributed by atoms with van der Waals surface area (Å²) in [5.41, 5.74) is 3.54. The molecule has 120 valence electrons. The van der Waals surface area contributed by atoms with Crippen molar-refractivity contribution in [2.75, 3.05) is 0 Å². The van der Waals surface area contributed by atoms with Crippen molar-refractivity contribution in [1.29, 1.82) is 0 Å². The number of aryl methyl sites for hydroxylation is 2. The van der Waals surface area contributed by atoms with Crippen molar-refractivity contribution in [3.8, 4) is 11.3 Å². The molecule has 3 rings (SSSR count). The lowest BCUT2D eigenvalue weighted by Gasteiger charge is -2.12. The van der Waals surface area contributed by atoms with Gasteiger partial charge in [-0.1, -0.05) is 6.07 Å². The maximum Gasteiger partial charge on any atom is 0.274 e. The molecule has 3 aromatic rings. The van der Waals surface area contributed by atoms with Crippen molar-refractivity contribution >= 4 is 22.9 Å². The third kappa shape index (κ3) is 3.04. The standard InChI is InChI=1S/C17H20N4OS/c1-10(2)20-23-14-6-5-11(3)15(19-14)13-9-21(4)17(22)16-12(13)7-8-18-16/h5-10,18,20H,1-4H3. The Morgan fingerprint density at radius 3 is 2.83 bits per heavy atom. The molecule has 0 bridgehead atoms. The molecule has 0 unspecified atom stereocenters. The van der Waals surface area contributed by atoms with Gasteiger partial charge in [0.15, 0.2) is 0 Å². The van der Waals surface area contributed by atoms with Crippen LogP contribution in [0.3, 0.4) is 0 Å². The van der Waals surface area contributed by atoms with Crippen molar-refractivity contribution in [3.05, 3.63) is 46.5 Å². The van der Waals surface area contributed by atoms with Gasteiger partial charge >= 0.3 is 0 Å². The number of fused-ring (bicyclic) bond motifs is 1. The van der Waals surface area contributed by atoms with Crippen molar-refractivity contribution in [3.63, 3.8) is 0 Å². The van der Waals surface area contributed by atoms with Crippen LogP contribution in [-0.4, -0.2) is 20.6 Å². The molecular formula is C17H20N4OS. The van der Waals surface area contributed by atoms with Crippen LogP contribution in [0.25, 0.3) is 22.2 Å². The molecule has 0 atom stereocenters. The van der Waals surface area contributed by atoms with Crippen LogP contribution in [-0.2, 0) is 7.05 Å². The summed E-state index contributed by atoms with van der Waals surface area (Å²) in [5, 5.41) is 1.82. The molecule has 0 fully saturated rings. The first kappa shape index (κ1) is 15.8. The van der Waals surface area contributed by atoms with Crippen LogP contribution in [0.4, 0.5) is 0 Å². The van der Waals surface area contributed by atoms with E-state index in [-0.39, 0.29) is 5.56 Å². The van der Waals surface area contributed by atoms with Gasteiger partial charge in [-0.15, -0.1) is 0 Å². The molecule has 0 spiro atoms. The number of aromatic amines is 1. The summed E-state index contributed by atoms with van der Waals surface area (Å²) in [4.78, 5) is 20.0. The largest absolute Gasteiger partial charge is 0.357 e. The summed E-state index contributed by atoms with van der Waals surface area (Å²) >= 11 is 1.52. The zero-order chi connectivity index (χ0) is 16.6. The first-order valence-corrected chi connectivity index (χ1v) is 8.36. The molecule has 0 aliphatic rings. The Labute approximate surface area is 139 Å². The van der Waals surface area contributed by atoms with Crippen molar-refractivity contribution in [2.45, 2.75) is 31.8 Å². The average molecular weight is 328 g/mol. The lowest BCUT2D eigenvalue weighted by Crippen LogP contribution is -2.17. The second kappa shape index (κ2) is 6.22. The minimum absolute atomic E-state index is 0.0293. The number of hydrogen-bond donors (Lipinski definition) is 2. The van der Waals surface area contributed by atoms with Crippen LogP contribution in [0.2, 0.25) is 0 Å². The highest BCUT2D eigenvalue weighted by molar-refractivity contribution is 7.97. The maximum absolute atomic E-state index is 12.2. The van der Waals surface area contributed by atoms with Crippen LogP contribution in [0, 0.1) is 6.92 Å². The molecule has 0 saturated heterocycles. The van der Waals surface area contributed by atoms with E-state index in [0.717, 1.165) is 27.2 Å². The third-order valence-corrected chi connectivity index (χ3v) is 4.65. The van der Waals surface area contributed by atoms with E-state index in [2.05, 4.69) is 29.6 Å². The highest BCUT2D eigenvalue weighted by atomic mass is 32.2. The van der Waals surface area contributed by atoms with E-state index < -0.39 is 0 Å². The number of nitrogens with zero attached hydrogens (tertiary/aromatic N) is 2. The molecule has 0 aliphatic carbocycles. The number of H-pyrrole nitrogens is 1. The highest BCUT2D eigenvalue weighted by Crippen LogP contribution is 2.29. The van der Waals surface area contributed by atoms with Gasteiger partial charge in [-0.3, -0.25) is 9.52 Å². The normalized spacial score (nSPS) is 11.5. The third-order valence-electron chi connectivity index (χ3n) is 3.62. The van der Waals surface area contributed by atoms with Crippen LogP contribution < -0.4 is 10.3 Å². The molecule has 0 radical (unpaired) electrons. The highest BCUT2D eigenvalue weighted by Gasteiger charge is 2.13. The van der Waals surface area contributed by atoms with E-state index in [0.29, 0.717) is 11.6 Å². The number of aromatic nitrogens is 3. The zero-order valence-corrected chi connectivity index (χ0v) is 14.5. The smallest absolute Gasteiger partial charge is 0.274 e. The second-order valence-corrected chi connectivity index (χ2v) is 6.77. The van der Waals surface area contributed by atoms with Gasteiger partial charge in [-0.2, -0.15) is 0 Å². The Balaban J connectivity index is 2.15. The Bertz CT molecular complexity index is 911. The number of pyridine rings is 2. The molecule has 23 heavy (non-hydrogen) atoms. The van der Waals surface area contributed by atoms with Gasteiger partial charge in [0, 0.05) is 36.4 Å². The lowest BCUT2D eigenvalue weighted by molar-refractivity contribution is 0.769. The summed E-state index contributed by atoms with van der Waals surface area (Å²) in [7, 11) is 1.76. The van der Waals surface area contributed by atoms with E-state index in [1.807, 2.05) is 25.3 Å². The summed E-state index contributed by atoms with van der Waals surface area (Å²) in [6.07, 6.45) is 3.65. The Kier molecular flexibility index (Phi) is 4.28. The lowest BCUT2D eigenvalue weighted by atomic mass is 10.1. The van der Waals surface area contributed by atoms with Crippen LogP contribution in [0.15, 0.2) is 40.4 Å². The van der Waals surface area contributed by atoms with E-state index in [1.165, 1.54) is 11.9 Å². The fourth-order valence-corrected chi connectivity index (χ4v) is 3.11. The van der Waals surface area contributed by atoms with Crippen molar-refractivity contribution in [1.82, 2.24) is 19.3 Å². The predicted octanol–water partition coefficient (Wildman–Crippen LogP) is 3.24. The minimum Gasteiger partial charge on any atom is -0.357 e. The Morgan fingerprint density at radius 1 is 1.30 bits per heavy atom. The molecule has 2 N–H and O–H groups in total. The molecule has 3 aromatic heterocycles. The van der Waals surface area contributed by atoms with Gasteiger partial charge in [-0.25, -0.2) is 4.98 Å². The zero-order valence-electron chi connectivity index (χ0n) is 13.7. The Hall–Kier alpha value is -2.05. The van der Waals surface area contributed by atoms with E-state index in [9.17, 15) is 4.79 Å². The van der Waals surface area contributed by atoms with Crippen molar-refractivity contribution in [2.24, 2.45) is 7.05 Å². The second-order valence-electron chi connectivity index (χ2n) is 5.91. The molecular weight excluding hydrogens is 308 g/mol. The van der Waals surface area contributed by atoms with Crippen molar-refractivity contribution < 1.29 is 0 Å². The van der Waals surface area contributed by atoms with Crippen LogP contribution in [0.5, 0.6) is 0 Å². The SMILES string of the molecule is Cc1ccc(SNC(C)C)nc1-c1cn(C)c(=O)c2[nH]ccc12. The number of hydrogen-bond acceptors (Lipinski definition) is 4. The van der Waals surface area contributed by atoms with E-state index in [1.54, 1.807) is 17.8 Å². The van der Waals surface area contributed by atoms with Crippen LogP contribution in [0.1, 0.15) is 19.4 Å². The fraction of sp³-hybridized carbons (Fsp3) is 0.294. The monoisotopic (exact) mass is 328 g/mol. The molecule has 0 amide bonds. The summed E-state index contributed by atoms with van der Waals surface area (Å²) in [5.74, 6) is 0. The van der Waals surface area contributed by atoms with E-state index >= 15 is 0 Å². The quantitative estimate of drug-likeness (QED) is 0.722. The van der Waals surface area contributed by atoms with Crippen LogP contribution >= 0.6 is 11.9 Å². The van der Waals surface area contributed by atoms with Gasteiger partial charge in [0.1, 0.15) is 10.5 Å². The summed E-state index contributed by atoms with van der Waals surface area (Å²) in [6.45, 7) is 6.23. The summed E-state index contributed by atoms with van der Waals surface area (Å²) in [6, 6.07) is 6.38. The number of rotatable bonds is 4. The van der Waals surface area contributed by atoms with Gasteiger partial charge < -0.3 is 9.55 Å². The molecule has 0 aliphatic heterocycles. The first-order valence-electron chi connectivity index (χ1n) is 7.54. The van der Waals surface area contributed by atoms with Gasteiger partial charge in [0.25, 0.3) is 5.56 Å². The minimum atomic E-state index is -0.0293. The predicted molar refractivity (Wildman–Crippen MR) is 95.6 cm³/mol. The molecule has 5 nitrogen and oxygen atoms in total. The Morgan fingerprint density at radius 2 is 2.09 bits per heavy atom. The van der Waals surface area contributed by atoms with Gasteiger partial charge in [0.2, 0.25) is 0 Å². The fourth-order valence-electron chi connectivity index (χ4n) is 2.48. The summed E-state index contributed by atoms with van der Waals surface area (Å²) < 4.78 is 4.90. The topological polar surface area (TPSA) is 62.7 Å². The first-order chi connectivity index (χ1) is 11.0. The maximum atomic E-state index is 12.2. The molecule has 0 saturated carbocycles. The molecule has 6 heteroatoms. The van der Waals surface area contributed by atoms with Gasteiger partial charge in [-0.05, 0) is 50.4 Å². The number of nitrogens with one attached hydrogen (secondary N) is 2. The van der Waals surface area contributed by atoms with E-state index in [4.69, 9.17) is 4.98 Å². The molecule has 3 heterocycles.